The minimum absolute atomic E-state index is 0.0702. The third kappa shape index (κ3) is 5.13. The van der Waals surface area contributed by atoms with Crippen molar-refractivity contribution in [2.24, 2.45) is 5.73 Å². The molecule has 0 aliphatic heterocycles. The molecule has 1 aromatic carbocycles. The number of nitrogens with two attached hydrogens (primary N) is 1. The van der Waals surface area contributed by atoms with Gasteiger partial charge in [0, 0.05) is 24.0 Å². The minimum atomic E-state index is -0.201. The van der Waals surface area contributed by atoms with Gasteiger partial charge in [-0.2, -0.15) is 0 Å². The fourth-order valence-electron chi connectivity index (χ4n) is 1.98. The summed E-state index contributed by atoms with van der Waals surface area (Å²) in [4.78, 5) is 20.5. The zero-order valence-corrected chi connectivity index (χ0v) is 13.6. The number of thioether (sulfide) groups is 1. The van der Waals surface area contributed by atoms with Gasteiger partial charge < -0.3 is 11.1 Å². The summed E-state index contributed by atoms with van der Waals surface area (Å²) in [7, 11) is 0. The van der Waals surface area contributed by atoms with E-state index in [1.54, 1.807) is 0 Å². The maximum atomic E-state index is 11.9. The molecule has 2 aromatic rings. The zero-order valence-electron chi connectivity index (χ0n) is 12.7. The summed E-state index contributed by atoms with van der Waals surface area (Å²) >= 11 is 1.33. The van der Waals surface area contributed by atoms with Crippen molar-refractivity contribution < 1.29 is 4.79 Å². The first-order valence-electron chi connectivity index (χ1n) is 7.07. The average molecular weight is 316 g/mol. The maximum Gasteiger partial charge on any atom is 0.230 e. The predicted molar refractivity (Wildman–Crippen MR) is 88.6 cm³/mol. The smallest absolute Gasteiger partial charge is 0.230 e. The molecule has 1 atom stereocenters. The van der Waals surface area contributed by atoms with Crippen LogP contribution in [0.15, 0.2) is 41.6 Å². The lowest BCUT2D eigenvalue weighted by molar-refractivity contribution is -0.118. The summed E-state index contributed by atoms with van der Waals surface area (Å²) in [5.74, 6) is 0.212. The lowest BCUT2D eigenvalue weighted by atomic mass is 10.1. The van der Waals surface area contributed by atoms with Crippen molar-refractivity contribution in [2.75, 3.05) is 12.3 Å². The third-order valence-electron chi connectivity index (χ3n) is 3.04. The summed E-state index contributed by atoms with van der Waals surface area (Å²) in [6, 6.07) is 11.4. The highest BCUT2D eigenvalue weighted by Crippen LogP contribution is 2.14. The quantitative estimate of drug-likeness (QED) is 0.629. The molecule has 5 nitrogen and oxygen atoms in total. The van der Waals surface area contributed by atoms with Crippen LogP contribution in [0.2, 0.25) is 0 Å². The van der Waals surface area contributed by atoms with E-state index < -0.39 is 0 Å². The van der Waals surface area contributed by atoms with Crippen molar-refractivity contribution in [3.05, 3.63) is 53.3 Å². The van der Waals surface area contributed by atoms with Gasteiger partial charge in [-0.05, 0) is 25.5 Å². The normalized spacial score (nSPS) is 12.0. The number of aryl methyl sites for hydroxylation is 2. The molecule has 1 aromatic heterocycles. The molecule has 0 radical (unpaired) electrons. The van der Waals surface area contributed by atoms with Crippen LogP contribution in [-0.2, 0) is 4.79 Å². The lowest BCUT2D eigenvalue weighted by Crippen LogP contribution is -2.33. The van der Waals surface area contributed by atoms with Gasteiger partial charge in [-0.25, -0.2) is 9.97 Å². The third-order valence-corrected chi connectivity index (χ3v) is 3.89. The van der Waals surface area contributed by atoms with Crippen LogP contribution in [0.1, 0.15) is 23.0 Å². The zero-order chi connectivity index (χ0) is 15.9. The van der Waals surface area contributed by atoms with Crippen molar-refractivity contribution in [1.29, 1.82) is 0 Å². The van der Waals surface area contributed by atoms with Crippen molar-refractivity contribution in [1.82, 2.24) is 15.3 Å². The number of amides is 1. The van der Waals surface area contributed by atoms with E-state index in [2.05, 4.69) is 15.3 Å². The van der Waals surface area contributed by atoms with Crippen molar-refractivity contribution in [2.45, 2.75) is 25.0 Å². The Morgan fingerprint density at radius 2 is 1.86 bits per heavy atom. The predicted octanol–water partition coefficient (Wildman–Crippen LogP) is 2.00. The van der Waals surface area contributed by atoms with E-state index in [-0.39, 0.29) is 17.7 Å². The molecule has 0 saturated carbocycles. The highest BCUT2D eigenvalue weighted by atomic mass is 32.2. The van der Waals surface area contributed by atoms with Crippen LogP contribution in [0.5, 0.6) is 0 Å². The van der Waals surface area contributed by atoms with E-state index in [1.165, 1.54) is 11.8 Å². The molecule has 116 valence electrons. The highest BCUT2D eigenvalue weighted by Gasteiger charge is 2.09. The minimum Gasteiger partial charge on any atom is -0.353 e. The number of carbonyl (C=O) groups is 1. The van der Waals surface area contributed by atoms with Crippen molar-refractivity contribution in [3.8, 4) is 0 Å². The number of hydrogen-bond donors (Lipinski definition) is 2. The van der Waals surface area contributed by atoms with Crippen LogP contribution >= 0.6 is 11.8 Å². The van der Waals surface area contributed by atoms with Gasteiger partial charge in [0.1, 0.15) is 0 Å². The lowest BCUT2D eigenvalue weighted by Gasteiger charge is -2.13. The Labute approximate surface area is 134 Å². The van der Waals surface area contributed by atoms with E-state index in [9.17, 15) is 4.79 Å². The van der Waals surface area contributed by atoms with Crippen molar-refractivity contribution in [3.63, 3.8) is 0 Å². The van der Waals surface area contributed by atoms with Gasteiger partial charge in [0.25, 0.3) is 0 Å². The molecular weight excluding hydrogens is 296 g/mol. The second kappa shape index (κ2) is 7.91. The first-order valence-corrected chi connectivity index (χ1v) is 8.05. The molecular formula is C16H20N4OS. The van der Waals surface area contributed by atoms with E-state index in [0.29, 0.717) is 11.7 Å². The van der Waals surface area contributed by atoms with Gasteiger partial charge in [-0.15, -0.1) is 0 Å². The molecule has 1 heterocycles. The Bertz CT molecular complexity index is 613. The molecule has 0 aliphatic carbocycles. The van der Waals surface area contributed by atoms with Gasteiger partial charge in [-0.3, -0.25) is 4.79 Å². The number of nitrogens with one attached hydrogen (secondary N) is 1. The monoisotopic (exact) mass is 316 g/mol. The molecule has 6 heteroatoms. The number of carbonyl (C=O) groups excluding carboxylic acids is 1. The summed E-state index contributed by atoms with van der Waals surface area (Å²) in [6.07, 6.45) is 0. The Morgan fingerprint density at radius 3 is 2.50 bits per heavy atom. The number of aromatic nitrogens is 2. The molecule has 0 fully saturated rings. The van der Waals surface area contributed by atoms with Gasteiger partial charge in [0.2, 0.25) is 5.91 Å². The first-order chi connectivity index (χ1) is 10.5. The Hall–Kier alpha value is -1.92. The molecule has 0 aliphatic rings. The van der Waals surface area contributed by atoms with E-state index in [0.717, 1.165) is 17.0 Å². The van der Waals surface area contributed by atoms with Crippen LogP contribution in [0.3, 0.4) is 0 Å². The molecule has 0 bridgehead atoms. The molecule has 1 unspecified atom stereocenters. The van der Waals surface area contributed by atoms with Crippen LogP contribution in [-0.4, -0.2) is 28.2 Å². The Balaban J connectivity index is 1.78. The van der Waals surface area contributed by atoms with E-state index in [4.69, 9.17) is 5.73 Å². The molecule has 0 spiro atoms. The van der Waals surface area contributed by atoms with Gasteiger partial charge in [-0.1, -0.05) is 42.1 Å². The van der Waals surface area contributed by atoms with Crippen LogP contribution in [0.4, 0.5) is 0 Å². The van der Waals surface area contributed by atoms with Gasteiger partial charge >= 0.3 is 0 Å². The molecule has 22 heavy (non-hydrogen) atoms. The molecule has 3 N–H and O–H groups in total. The van der Waals surface area contributed by atoms with Crippen LogP contribution in [0.25, 0.3) is 0 Å². The van der Waals surface area contributed by atoms with Gasteiger partial charge in [0.15, 0.2) is 5.16 Å². The van der Waals surface area contributed by atoms with E-state index in [1.807, 2.05) is 50.2 Å². The summed E-state index contributed by atoms with van der Waals surface area (Å²) in [5.41, 5.74) is 8.86. The van der Waals surface area contributed by atoms with Gasteiger partial charge in [0.05, 0.1) is 5.75 Å². The van der Waals surface area contributed by atoms with E-state index >= 15 is 0 Å². The number of rotatable bonds is 6. The fourth-order valence-corrected chi connectivity index (χ4v) is 2.76. The summed E-state index contributed by atoms with van der Waals surface area (Å²) in [5, 5.41) is 3.47. The molecule has 2 rings (SSSR count). The topological polar surface area (TPSA) is 80.9 Å². The number of nitrogens with zero attached hydrogens (tertiary/aromatic N) is 2. The highest BCUT2D eigenvalue weighted by molar-refractivity contribution is 7.99. The summed E-state index contributed by atoms with van der Waals surface area (Å²) < 4.78 is 0. The standard InChI is InChI=1S/C16H20N4OS/c1-11-8-12(2)20-16(19-11)22-10-15(21)18-9-14(17)13-6-4-3-5-7-13/h3-8,14H,9-10,17H2,1-2H3,(H,18,21). The Morgan fingerprint density at radius 1 is 1.23 bits per heavy atom. The van der Waals surface area contributed by atoms with Crippen molar-refractivity contribution >= 4 is 17.7 Å². The first kappa shape index (κ1) is 16.5. The SMILES string of the molecule is Cc1cc(C)nc(SCC(=O)NCC(N)c2ccccc2)n1. The number of benzene rings is 1. The van der Waals surface area contributed by atoms with Crippen LogP contribution < -0.4 is 11.1 Å². The molecule has 1 amide bonds. The fraction of sp³-hybridized carbons (Fsp3) is 0.312. The number of hydrogen-bond acceptors (Lipinski definition) is 5. The summed E-state index contributed by atoms with van der Waals surface area (Å²) in [6.45, 7) is 4.24. The second-order valence-corrected chi connectivity index (χ2v) is 5.99. The second-order valence-electron chi connectivity index (χ2n) is 5.04. The molecule has 0 saturated heterocycles. The largest absolute Gasteiger partial charge is 0.353 e. The van der Waals surface area contributed by atoms with Crippen LogP contribution in [0, 0.1) is 13.8 Å². The average Bonchev–Trinajstić information content (AvgIpc) is 2.50. The Kier molecular flexibility index (Phi) is 5.91. The maximum absolute atomic E-state index is 11.9.